The summed E-state index contributed by atoms with van der Waals surface area (Å²) >= 11 is 1.46. The van der Waals surface area contributed by atoms with Crippen molar-refractivity contribution in [1.82, 2.24) is 14.9 Å². The van der Waals surface area contributed by atoms with Gasteiger partial charge in [0.25, 0.3) is 5.91 Å². The summed E-state index contributed by atoms with van der Waals surface area (Å²) in [6.07, 6.45) is 1.45. The van der Waals surface area contributed by atoms with Crippen LogP contribution in [0.25, 0.3) is 11.4 Å². The maximum absolute atomic E-state index is 12.1. The van der Waals surface area contributed by atoms with E-state index in [0.29, 0.717) is 55.2 Å². The van der Waals surface area contributed by atoms with Crippen molar-refractivity contribution >= 4 is 29.1 Å². The molecular formula is C26H30N4O6S. The van der Waals surface area contributed by atoms with Crippen LogP contribution in [0.4, 0.5) is 0 Å². The monoisotopic (exact) mass is 526 g/mol. The molecule has 1 aromatic carbocycles. The minimum absolute atomic E-state index is 0.291. The number of thiazole rings is 1. The summed E-state index contributed by atoms with van der Waals surface area (Å²) in [7, 11) is 1.29. The van der Waals surface area contributed by atoms with Crippen molar-refractivity contribution in [3.05, 3.63) is 52.0 Å². The highest BCUT2D eigenvalue weighted by atomic mass is 32.1. The van der Waals surface area contributed by atoms with Crippen molar-refractivity contribution in [2.75, 3.05) is 13.7 Å². The molecule has 2 unspecified atom stereocenters. The normalized spacial score (nSPS) is 15.2. The zero-order valence-corrected chi connectivity index (χ0v) is 21.8. The Morgan fingerprint density at radius 2 is 2.03 bits per heavy atom. The number of benzene rings is 1. The Balaban J connectivity index is 1.49. The molecule has 37 heavy (non-hydrogen) atoms. The second-order valence-electron chi connectivity index (χ2n) is 8.75. The Morgan fingerprint density at radius 3 is 2.73 bits per heavy atom. The van der Waals surface area contributed by atoms with Crippen LogP contribution in [0.2, 0.25) is 0 Å². The van der Waals surface area contributed by atoms with E-state index in [-0.39, 0.29) is 12.0 Å². The summed E-state index contributed by atoms with van der Waals surface area (Å²) in [4.78, 5) is 40.3. The van der Waals surface area contributed by atoms with E-state index in [1.807, 2.05) is 41.1 Å². The average molecular weight is 527 g/mol. The molecule has 0 saturated carbocycles. The second kappa shape index (κ2) is 11.5. The van der Waals surface area contributed by atoms with Gasteiger partial charge in [0.2, 0.25) is 5.91 Å². The van der Waals surface area contributed by atoms with Gasteiger partial charge >= 0.3 is 5.97 Å². The largest absolute Gasteiger partial charge is 0.485 e. The molecule has 3 N–H and O–H groups in total. The third-order valence-corrected chi connectivity index (χ3v) is 7.12. The number of nitrogens with one attached hydrogen (secondary N) is 1. The van der Waals surface area contributed by atoms with Gasteiger partial charge in [-0.05, 0) is 44.4 Å². The van der Waals surface area contributed by atoms with Crippen LogP contribution in [0.15, 0.2) is 35.7 Å². The number of rotatable bonds is 10. The summed E-state index contributed by atoms with van der Waals surface area (Å²) in [5, 5.41) is 5.32. The Hall–Kier alpha value is -3.86. The number of para-hydroxylation sites is 2. The molecule has 4 rings (SSSR count). The van der Waals surface area contributed by atoms with E-state index in [9.17, 15) is 14.4 Å². The maximum atomic E-state index is 12.1. The first-order valence-corrected chi connectivity index (χ1v) is 12.9. The first-order chi connectivity index (χ1) is 17.8. The highest BCUT2D eigenvalue weighted by Crippen LogP contribution is 2.38. The van der Waals surface area contributed by atoms with Crippen LogP contribution >= 0.6 is 11.3 Å². The molecule has 0 fully saturated rings. The second-order valence-corrected chi connectivity index (χ2v) is 9.64. The topological polar surface area (TPSA) is 135 Å². The van der Waals surface area contributed by atoms with Crippen LogP contribution in [-0.2, 0) is 20.9 Å². The van der Waals surface area contributed by atoms with Gasteiger partial charge in [-0.25, -0.2) is 9.78 Å². The van der Waals surface area contributed by atoms with Gasteiger partial charge in [0.1, 0.15) is 17.7 Å². The zero-order chi connectivity index (χ0) is 26.5. The molecule has 1 aliphatic rings. The summed E-state index contributed by atoms with van der Waals surface area (Å²) in [5.41, 5.74) is 8.30. The fourth-order valence-electron chi connectivity index (χ4n) is 4.34. The molecule has 0 saturated heterocycles. The number of nitrogens with two attached hydrogens (primary N) is 1. The summed E-state index contributed by atoms with van der Waals surface area (Å²) < 4.78 is 18.7. The molecule has 10 nitrogen and oxygen atoms in total. The summed E-state index contributed by atoms with van der Waals surface area (Å²) in [5.74, 6) is 0.107. The van der Waals surface area contributed by atoms with Gasteiger partial charge in [-0.3, -0.25) is 9.59 Å². The number of hydrogen-bond acceptors (Lipinski definition) is 8. The quantitative estimate of drug-likeness (QED) is 0.305. The molecule has 3 heterocycles. The number of carbonyl (C=O) groups excluding carboxylic acids is 3. The first-order valence-electron chi connectivity index (χ1n) is 12.0. The van der Waals surface area contributed by atoms with E-state index >= 15 is 0 Å². The zero-order valence-electron chi connectivity index (χ0n) is 21.0. The smallest absolute Gasteiger partial charge is 0.328 e. The first kappa shape index (κ1) is 26.2. The molecule has 0 aliphatic carbocycles. The van der Waals surface area contributed by atoms with Crippen molar-refractivity contribution in [1.29, 1.82) is 0 Å². The molecule has 0 bridgehead atoms. The van der Waals surface area contributed by atoms with E-state index in [1.54, 1.807) is 6.07 Å². The lowest BCUT2D eigenvalue weighted by atomic mass is 10.1. The van der Waals surface area contributed by atoms with E-state index in [2.05, 4.69) is 5.32 Å². The van der Waals surface area contributed by atoms with Crippen LogP contribution in [0.5, 0.6) is 11.5 Å². The lowest BCUT2D eigenvalue weighted by molar-refractivity contribution is -0.145. The highest BCUT2D eigenvalue weighted by Gasteiger charge is 2.26. The minimum Gasteiger partial charge on any atom is -0.485 e. The molecule has 0 spiro atoms. The number of ether oxygens (including phenoxy) is 3. The number of unbranched alkanes of at least 4 members (excludes halogenated alkanes) is 1. The van der Waals surface area contributed by atoms with Crippen LogP contribution in [0, 0.1) is 6.92 Å². The molecule has 2 aromatic heterocycles. The van der Waals surface area contributed by atoms with Gasteiger partial charge < -0.3 is 29.8 Å². The average Bonchev–Trinajstić information content (AvgIpc) is 3.50. The SMILES string of the molecule is COC(=O)C(CCCCn1c(-c2csc(C3COc4ccccc4O3)n2)cc(C(N)=O)c1C)NC(C)=O. The fraction of sp³-hybridized carbons (Fsp3) is 0.385. The van der Waals surface area contributed by atoms with Crippen LogP contribution < -0.4 is 20.5 Å². The molecule has 3 aromatic rings. The Labute approximate surface area is 218 Å². The fourth-order valence-corrected chi connectivity index (χ4v) is 5.17. The van der Waals surface area contributed by atoms with Gasteiger partial charge in [0.05, 0.1) is 24.1 Å². The Kier molecular flexibility index (Phi) is 8.12. The predicted molar refractivity (Wildman–Crippen MR) is 138 cm³/mol. The van der Waals surface area contributed by atoms with Crippen molar-refractivity contribution in [2.24, 2.45) is 5.73 Å². The van der Waals surface area contributed by atoms with Gasteiger partial charge in [0.15, 0.2) is 17.6 Å². The van der Waals surface area contributed by atoms with Gasteiger partial charge in [0, 0.05) is 24.5 Å². The van der Waals surface area contributed by atoms with Crippen LogP contribution in [-0.4, -0.2) is 47.1 Å². The van der Waals surface area contributed by atoms with Crippen molar-refractivity contribution in [2.45, 2.75) is 51.8 Å². The van der Waals surface area contributed by atoms with E-state index in [0.717, 1.165) is 16.4 Å². The third-order valence-electron chi connectivity index (χ3n) is 6.19. The van der Waals surface area contributed by atoms with Crippen LogP contribution in [0.1, 0.15) is 53.3 Å². The molecule has 2 atom stereocenters. The number of esters is 1. The Morgan fingerprint density at radius 1 is 1.27 bits per heavy atom. The summed E-state index contributed by atoms with van der Waals surface area (Å²) in [6.45, 7) is 4.14. The standard InChI is InChI=1S/C26H30N4O6S/c1-15-17(24(27)32)12-20(30(15)11-7-6-8-18(26(33)34-3)28-16(2)31)19-14-37-25(29-19)23-13-35-21-9-4-5-10-22(21)36-23/h4-5,9-10,12,14,18,23H,6-8,11,13H2,1-3H3,(H2,27,32)(H,28,31). The number of methoxy groups -OCH3 is 1. The number of fused-ring (bicyclic) bond motifs is 1. The number of nitrogens with zero attached hydrogens (tertiary/aromatic N) is 2. The van der Waals surface area contributed by atoms with Crippen molar-refractivity contribution in [3.8, 4) is 22.9 Å². The number of hydrogen-bond donors (Lipinski definition) is 2. The third kappa shape index (κ3) is 5.93. The lowest BCUT2D eigenvalue weighted by Gasteiger charge is -2.24. The predicted octanol–water partition coefficient (Wildman–Crippen LogP) is 3.38. The van der Waals surface area contributed by atoms with E-state index < -0.39 is 17.9 Å². The highest BCUT2D eigenvalue weighted by molar-refractivity contribution is 7.10. The van der Waals surface area contributed by atoms with Gasteiger partial charge in [-0.2, -0.15) is 0 Å². The van der Waals surface area contributed by atoms with Crippen molar-refractivity contribution < 1.29 is 28.6 Å². The Bertz CT molecular complexity index is 1300. The summed E-state index contributed by atoms with van der Waals surface area (Å²) in [6, 6.07) is 8.58. The molecular weight excluding hydrogens is 496 g/mol. The molecule has 11 heteroatoms. The number of primary amides is 1. The molecule has 196 valence electrons. The van der Waals surface area contributed by atoms with Crippen molar-refractivity contribution in [3.63, 3.8) is 0 Å². The lowest BCUT2D eigenvalue weighted by Crippen LogP contribution is -2.40. The van der Waals surface area contributed by atoms with E-state index in [4.69, 9.17) is 24.9 Å². The van der Waals surface area contributed by atoms with E-state index in [1.165, 1.54) is 25.4 Å². The maximum Gasteiger partial charge on any atom is 0.328 e. The van der Waals surface area contributed by atoms with Gasteiger partial charge in [-0.1, -0.05) is 12.1 Å². The minimum atomic E-state index is -0.696. The van der Waals surface area contributed by atoms with Crippen LogP contribution in [0.3, 0.4) is 0 Å². The molecule has 1 aliphatic heterocycles. The number of aromatic nitrogens is 2. The van der Waals surface area contributed by atoms with Gasteiger partial charge in [-0.15, -0.1) is 11.3 Å². The number of carbonyl (C=O) groups is 3. The molecule has 0 radical (unpaired) electrons. The molecule has 2 amide bonds. The number of amides is 2.